The van der Waals surface area contributed by atoms with E-state index in [2.05, 4.69) is 5.92 Å². The van der Waals surface area contributed by atoms with Crippen molar-refractivity contribution in [3.63, 3.8) is 0 Å². The van der Waals surface area contributed by atoms with Crippen LogP contribution in [0, 0.1) is 23.7 Å². The van der Waals surface area contributed by atoms with Crippen LogP contribution in [0.25, 0.3) is 0 Å². The van der Waals surface area contributed by atoms with E-state index in [9.17, 15) is 4.79 Å². The summed E-state index contributed by atoms with van der Waals surface area (Å²) in [4.78, 5) is 12.6. The van der Waals surface area contributed by atoms with Crippen LogP contribution in [0.4, 0.5) is 0 Å². The molecule has 0 spiro atoms. The molecule has 4 nitrogen and oxygen atoms in total. The second kappa shape index (κ2) is 7.15. The molecule has 0 rings (SSSR count). The van der Waals surface area contributed by atoms with E-state index in [1.165, 1.54) is 4.90 Å². The summed E-state index contributed by atoms with van der Waals surface area (Å²) in [6.07, 6.45) is 5.26. The van der Waals surface area contributed by atoms with E-state index in [1.807, 2.05) is 6.07 Å². The molecule has 0 fully saturated rings. The lowest BCUT2D eigenvalue weighted by Crippen LogP contribution is -2.31. The summed E-state index contributed by atoms with van der Waals surface area (Å²) in [7, 11) is 1.62. The van der Waals surface area contributed by atoms with E-state index in [1.54, 1.807) is 7.05 Å². The number of ether oxygens (including phenoxy) is 1. The first kappa shape index (κ1) is 11.5. The minimum atomic E-state index is -0.162. The van der Waals surface area contributed by atoms with E-state index < -0.39 is 0 Å². The molecule has 0 heterocycles. The highest BCUT2D eigenvalue weighted by molar-refractivity contribution is 5.77. The minimum absolute atomic E-state index is 0.0217. The first-order chi connectivity index (χ1) is 6.22. The molecule has 4 heteroatoms. The molecule has 0 aliphatic rings. The van der Waals surface area contributed by atoms with Crippen molar-refractivity contribution in [2.24, 2.45) is 0 Å². The van der Waals surface area contributed by atoms with Gasteiger partial charge in [0.25, 0.3) is 0 Å². The van der Waals surface area contributed by atoms with E-state index >= 15 is 0 Å². The van der Waals surface area contributed by atoms with Gasteiger partial charge in [0.1, 0.15) is 13.2 Å². The SMILES string of the molecule is C#CCOCC(=O)N(C)CCC#N. The molecule has 0 atom stereocenters. The molecule has 0 bridgehead atoms. The molecule has 1 amide bonds. The summed E-state index contributed by atoms with van der Waals surface area (Å²) in [6.45, 7) is 0.540. The molecule has 0 radical (unpaired) electrons. The van der Waals surface area contributed by atoms with Crippen LogP contribution in [-0.2, 0) is 9.53 Å². The summed E-state index contributed by atoms with van der Waals surface area (Å²) in [5.74, 6) is 2.10. The molecule has 0 unspecified atom stereocenters. The van der Waals surface area contributed by atoms with Gasteiger partial charge >= 0.3 is 0 Å². The fourth-order valence-electron chi connectivity index (χ4n) is 0.650. The monoisotopic (exact) mass is 180 g/mol. The second-order valence-corrected chi connectivity index (χ2v) is 2.42. The van der Waals surface area contributed by atoms with Crippen molar-refractivity contribution in [2.45, 2.75) is 6.42 Å². The van der Waals surface area contributed by atoms with E-state index in [0.29, 0.717) is 13.0 Å². The molecule has 70 valence electrons. The number of carbonyl (C=O) groups is 1. The Kier molecular flexibility index (Phi) is 6.31. The molecule has 0 aromatic rings. The lowest BCUT2D eigenvalue weighted by Gasteiger charge is -2.14. The topological polar surface area (TPSA) is 53.3 Å². The Balaban J connectivity index is 3.59. The average molecular weight is 180 g/mol. The van der Waals surface area contributed by atoms with Crippen molar-refractivity contribution in [1.29, 1.82) is 5.26 Å². The normalized spacial score (nSPS) is 8.54. The molecule has 0 aromatic carbocycles. The predicted octanol–water partition coefficient (Wildman–Crippen LogP) is 0.00828. The van der Waals surface area contributed by atoms with Gasteiger partial charge in [0.2, 0.25) is 5.91 Å². The molecule has 0 saturated carbocycles. The molecule has 0 aliphatic carbocycles. The lowest BCUT2D eigenvalue weighted by atomic mass is 10.4. The highest BCUT2D eigenvalue weighted by Gasteiger charge is 2.06. The van der Waals surface area contributed by atoms with Crippen molar-refractivity contribution >= 4 is 5.91 Å². The van der Waals surface area contributed by atoms with Gasteiger partial charge in [-0.2, -0.15) is 5.26 Å². The lowest BCUT2D eigenvalue weighted by molar-refractivity contribution is -0.134. The number of amides is 1. The van der Waals surface area contributed by atoms with Crippen LogP contribution in [-0.4, -0.2) is 37.6 Å². The van der Waals surface area contributed by atoms with Gasteiger partial charge in [-0.05, 0) is 0 Å². The molecule has 0 saturated heterocycles. The van der Waals surface area contributed by atoms with Crippen LogP contribution < -0.4 is 0 Å². The average Bonchev–Trinajstić information content (AvgIpc) is 2.14. The number of nitriles is 1. The van der Waals surface area contributed by atoms with Crippen LogP contribution in [0.3, 0.4) is 0 Å². The number of carbonyl (C=O) groups excluding carboxylic acids is 1. The van der Waals surface area contributed by atoms with Gasteiger partial charge in [-0.1, -0.05) is 5.92 Å². The summed E-state index contributed by atoms with van der Waals surface area (Å²) in [5.41, 5.74) is 0. The second-order valence-electron chi connectivity index (χ2n) is 2.42. The maximum Gasteiger partial charge on any atom is 0.248 e. The third-order valence-electron chi connectivity index (χ3n) is 1.40. The fourth-order valence-corrected chi connectivity index (χ4v) is 0.650. The number of likely N-dealkylation sites (N-methyl/N-ethyl adjacent to an activating group) is 1. The Labute approximate surface area is 78.1 Å². The predicted molar refractivity (Wildman–Crippen MR) is 47.5 cm³/mol. The molecule has 13 heavy (non-hydrogen) atoms. The number of hydrogen-bond acceptors (Lipinski definition) is 3. The smallest absolute Gasteiger partial charge is 0.248 e. The van der Waals surface area contributed by atoms with Crippen molar-refractivity contribution in [2.75, 3.05) is 26.8 Å². The standard InChI is InChI=1S/C9H12N2O2/c1-3-7-13-8-9(12)11(2)6-4-5-10/h1H,4,6-8H2,2H3. The van der Waals surface area contributed by atoms with Gasteiger partial charge < -0.3 is 9.64 Å². The largest absolute Gasteiger partial charge is 0.359 e. The highest BCUT2D eigenvalue weighted by atomic mass is 16.5. The first-order valence-electron chi connectivity index (χ1n) is 3.84. The van der Waals surface area contributed by atoms with Gasteiger partial charge in [-0.25, -0.2) is 0 Å². The van der Waals surface area contributed by atoms with Crippen molar-refractivity contribution < 1.29 is 9.53 Å². The van der Waals surface area contributed by atoms with E-state index in [-0.39, 0.29) is 19.1 Å². The van der Waals surface area contributed by atoms with Gasteiger partial charge in [0, 0.05) is 13.6 Å². The summed E-state index contributed by atoms with van der Waals surface area (Å²) < 4.78 is 4.84. The van der Waals surface area contributed by atoms with Crippen LogP contribution in [0.15, 0.2) is 0 Å². The highest BCUT2D eigenvalue weighted by Crippen LogP contribution is 1.88. The molecular weight excluding hydrogens is 168 g/mol. The van der Waals surface area contributed by atoms with E-state index in [4.69, 9.17) is 16.4 Å². The number of rotatable bonds is 5. The van der Waals surface area contributed by atoms with Crippen molar-refractivity contribution in [1.82, 2.24) is 4.90 Å². The molecule has 0 aromatic heterocycles. The quantitative estimate of drug-likeness (QED) is 0.442. The van der Waals surface area contributed by atoms with Crippen LogP contribution in [0.1, 0.15) is 6.42 Å². The Bertz CT molecular complexity index is 237. The third-order valence-corrected chi connectivity index (χ3v) is 1.40. The minimum Gasteiger partial charge on any atom is -0.359 e. The number of terminal acetylenes is 1. The zero-order valence-corrected chi connectivity index (χ0v) is 7.62. The molecular formula is C9H12N2O2. The Morgan fingerprint density at radius 1 is 1.69 bits per heavy atom. The maximum absolute atomic E-state index is 11.1. The summed E-state index contributed by atoms with van der Waals surface area (Å²) in [6, 6.07) is 1.95. The zero-order chi connectivity index (χ0) is 10.1. The fraction of sp³-hybridized carbons (Fsp3) is 0.556. The zero-order valence-electron chi connectivity index (χ0n) is 7.62. The van der Waals surface area contributed by atoms with Crippen LogP contribution in [0.2, 0.25) is 0 Å². The third kappa shape index (κ3) is 5.72. The van der Waals surface area contributed by atoms with Gasteiger partial charge in [-0.3, -0.25) is 4.79 Å². The maximum atomic E-state index is 11.1. The van der Waals surface area contributed by atoms with Crippen LogP contribution in [0.5, 0.6) is 0 Å². The number of hydrogen-bond donors (Lipinski definition) is 0. The summed E-state index contributed by atoms with van der Waals surface area (Å²) in [5, 5.41) is 8.27. The van der Waals surface area contributed by atoms with Gasteiger partial charge in [0.05, 0.1) is 12.5 Å². The Morgan fingerprint density at radius 3 is 2.92 bits per heavy atom. The van der Waals surface area contributed by atoms with Crippen LogP contribution >= 0.6 is 0 Å². The molecule has 0 aliphatic heterocycles. The Hall–Kier alpha value is -1.52. The van der Waals surface area contributed by atoms with Gasteiger partial charge in [0.15, 0.2) is 0 Å². The Morgan fingerprint density at radius 2 is 2.38 bits per heavy atom. The first-order valence-corrected chi connectivity index (χ1v) is 3.84. The van der Waals surface area contributed by atoms with Crippen molar-refractivity contribution in [3.8, 4) is 18.4 Å². The van der Waals surface area contributed by atoms with Gasteiger partial charge in [-0.15, -0.1) is 6.42 Å². The number of nitrogens with zero attached hydrogens (tertiary/aromatic N) is 2. The summed E-state index contributed by atoms with van der Waals surface area (Å²) >= 11 is 0. The van der Waals surface area contributed by atoms with E-state index in [0.717, 1.165) is 0 Å². The molecule has 0 N–H and O–H groups in total. The van der Waals surface area contributed by atoms with Crippen molar-refractivity contribution in [3.05, 3.63) is 0 Å².